The van der Waals surface area contributed by atoms with Crippen LogP contribution in [0.3, 0.4) is 0 Å². The first-order chi connectivity index (χ1) is 8.32. The summed E-state index contributed by atoms with van der Waals surface area (Å²) >= 11 is 0. The molecule has 0 saturated heterocycles. The first-order valence-electron chi connectivity index (χ1n) is 6.39. The number of rotatable bonds is 4. The molecule has 0 fully saturated rings. The van der Waals surface area contributed by atoms with Gasteiger partial charge in [-0.15, -0.1) is 6.58 Å². The van der Waals surface area contributed by atoms with E-state index in [0.717, 1.165) is 6.42 Å². The van der Waals surface area contributed by atoms with Crippen LogP contribution in [0.1, 0.15) is 31.7 Å². The average molecular weight is 224 g/mol. The molecule has 1 aliphatic rings. The highest BCUT2D eigenvalue weighted by Gasteiger charge is 2.30. The van der Waals surface area contributed by atoms with E-state index in [1.807, 2.05) is 0 Å². The van der Waals surface area contributed by atoms with Crippen LogP contribution in [0.15, 0.2) is 61.2 Å². The van der Waals surface area contributed by atoms with E-state index in [2.05, 4.69) is 68.1 Å². The monoisotopic (exact) mass is 224 g/mol. The molecule has 2 rings (SSSR count). The lowest BCUT2D eigenvalue weighted by Crippen LogP contribution is -2.20. The molecule has 0 spiro atoms. The van der Waals surface area contributed by atoms with Crippen molar-refractivity contribution in [2.45, 2.75) is 26.2 Å². The molecule has 0 saturated carbocycles. The van der Waals surface area contributed by atoms with Crippen LogP contribution in [0.25, 0.3) is 5.57 Å². The predicted molar refractivity (Wildman–Crippen MR) is 75.7 cm³/mol. The van der Waals surface area contributed by atoms with Crippen molar-refractivity contribution >= 4 is 5.57 Å². The standard InChI is InChI=1S/C17H20/c1-3-13-17(4-2)14-9-8-12-16(17)15-10-6-5-7-11-15/h4-12H,2-3,13-14H2,1H3. The minimum atomic E-state index is 0.130. The summed E-state index contributed by atoms with van der Waals surface area (Å²) in [6, 6.07) is 10.7. The highest BCUT2D eigenvalue weighted by molar-refractivity contribution is 5.74. The average Bonchev–Trinajstić information content (AvgIpc) is 2.40. The van der Waals surface area contributed by atoms with E-state index >= 15 is 0 Å². The van der Waals surface area contributed by atoms with Crippen molar-refractivity contribution in [2.24, 2.45) is 5.41 Å². The summed E-state index contributed by atoms with van der Waals surface area (Å²) in [5, 5.41) is 0. The lowest BCUT2D eigenvalue weighted by atomic mass is 9.69. The van der Waals surface area contributed by atoms with Gasteiger partial charge in [-0.1, -0.05) is 68.0 Å². The first-order valence-corrected chi connectivity index (χ1v) is 6.39. The van der Waals surface area contributed by atoms with Crippen LogP contribution in [0.2, 0.25) is 0 Å². The first kappa shape index (κ1) is 11.9. The van der Waals surface area contributed by atoms with Crippen molar-refractivity contribution in [1.82, 2.24) is 0 Å². The van der Waals surface area contributed by atoms with E-state index in [1.165, 1.54) is 24.0 Å². The van der Waals surface area contributed by atoms with Gasteiger partial charge in [0.1, 0.15) is 0 Å². The summed E-state index contributed by atoms with van der Waals surface area (Å²) in [6.45, 7) is 6.32. The minimum Gasteiger partial charge on any atom is -0.102 e. The number of hydrogen-bond donors (Lipinski definition) is 0. The van der Waals surface area contributed by atoms with Gasteiger partial charge < -0.3 is 0 Å². The predicted octanol–water partition coefficient (Wildman–Crippen LogP) is 5.00. The van der Waals surface area contributed by atoms with Gasteiger partial charge in [0.15, 0.2) is 0 Å². The number of benzene rings is 1. The number of allylic oxidation sites excluding steroid dienone is 5. The molecule has 0 radical (unpaired) electrons. The molecule has 0 N–H and O–H groups in total. The molecule has 1 atom stereocenters. The van der Waals surface area contributed by atoms with Gasteiger partial charge in [0.05, 0.1) is 0 Å². The normalized spacial score (nSPS) is 23.2. The minimum absolute atomic E-state index is 0.130. The van der Waals surface area contributed by atoms with Gasteiger partial charge >= 0.3 is 0 Å². The maximum Gasteiger partial charge on any atom is 0.0170 e. The Morgan fingerprint density at radius 3 is 2.71 bits per heavy atom. The van der Waals surface area contributed by atoms with Crippen molar-refractivity contribution in [2.75, 3.05) is 0 Å². The third-order valence-corrected chi connectivity index (χ3v) is 3.59. The maximum absolute atomic E-state index is 4.08. The summed E-state index contributed by atoms with van der Waals surface area (Å²) in [4.78, 5) is 0. The smallest absolute Gasteiger partial charge is 0.0170 e. The van der Waals surface area contributed by atoms with Crippen LogP contribution in [-0.4, -0.2) is 0 Å². The van der Waals surface area contributed by atoms with E-state index in [9.17, 15) is 0 Å². The van der Waals surface area contributed by atoms with Crippen LogP contribution in [0.4, 0.5) is 0 Å². The molecule has 0 heterocycles. The van der Waals surface area contributed by atoms with Gasteiger partial charge in [-0.3, -0.25) is 0 Å². The van der Waals surface area contributed by atoms with Crippen LogP contribution < -0.4 is 0 Å². The Kier molecular flexibility index (Phi) is 3.63. The Balaban J connectivity index is 2.44. The Bertz CT molecular complexity index is 436. The largest absolute Gasteiger partial charge is 0.102 e. The molecule has 1 aliphatic carbocycles. The van der Waals surface area contributed by atoms with Crippen molar-refractivity contribution in [1.29, 1.82) is 0 Å². The van der Waals surface area contributed by atoms with E-state index in [1.54, 1.807) is 0 Å². The van der Waals surface area contributed by atoms with Crippen LogP contribution in [0.5, 0.6) is 0 Å². The highest BCUT2D eigenvalue weighted by Crippen LogP contribution is 2.45. The fraction of sp³-hybridized carbons (Fsp3) is 0.294. The molecular weight excluding hydrogens is 204 g/mol. The lowest BCUT2D eigenvalue weighted by Gasteiger charge is -2.34. The zero-order valence-electron chi connectivity index (χ0n) is 10.5. The molecule has 0 amide bonds. The molecule has 88 valence electrons. The summed E-state index contributed by atoms with van der Waals surface area (Å²) in [5.41, 5.74) is 2.87. The van der Waals surface area contributed by atoms with Gasteiger partial charge in [-0.2, -0.15) is 0 Å². The lowest BCUT2D eigenvalue weighted by molar-refractivity contribution is 0.465. The molecule has 0 bridgehead atoms. The van der Waals surface area contributed by atoms with Gasteiger partial charge in [0, 0.05) is 5.41 Å². The third-order valence-electron chi connectivity index (χ3n) is 3.59. The summed E-state index contributed by atoms with van der Waals surface area (Å²) in [6.07, 6.45) is 12.2. The highest BCUT2D eigenvalue weighted by atomic mass is 14.3. The zero-order chi connectivity index (χ0) is 12.1. The molecule has 17 heavy (non-hydrogen) atoms. The quantitative estimate of drug-likeness (QED) is 0.631. The summed E-state index contributed by atoms with van der Waals surface area (Å²) in [5.74, 6) is 0. The SMILES string of the molecule is C=CC1(CCC)CC=CC=C1c1ccccc1. The molecular formula is C17H20. The fourth-order valence-electron chi connectivity index (χ4n) is 2.70. The van der Waals surface area contributed by atoms with Gasteiger partial charge in [-0.05, 0) is 24.0 Å². The molecule has 0 heteroatoms. The second kappa shape index (κ2) is 5.18. The maximum atomic E-state index is 4.08. The zero-order valence-corrected chi connectivity index (χ0v) is 10.5. The molecule has 0 nitrogen and oxygen atoms in total. The van der Waals surface area contributed by atoms with Crippen molar-refractivity contribution in [3.05, 3.63) is 66.8 Å². The van der Waals surface area contributed by atoms with Crippen molar-refractivity contribution < 1.29 is 0 Å². The van der Waals surface area contributed by atoms with Crippen molar-refractivity contribution in [3.63, 3.8) is 0 Å². The Morgan fingerprint density at radius 1 is 1.29 bits per heavy atom. The second-order valence-electron chi connectivity index (χ2n) is 4.69. The summed E-state index contributed by atoms with van der Waals surface area (Å²) < 4.78 is 0. The van der Waals surface area contributed by atoms with Gasteiger partial charge in [0.25, 0.3) is 0 Å². The molecule has 1 unspecified atom stereocenters. The second-order valence-corrected chi connectivity index (χ2v) is 4.69. The Hall–Kier alpha value is -1.56. The van der Waals surface area contributed by atoms with Gasteiger partial charge in [0.2, 0.25) is 0 Å². The van der Waals surface area contributed by atoms with Gasteiger partial charge in [-0.25, -0.2) is 0 Å². The van der Waals surface area contributed by atoms with E-state index < -0.39 is 0 Å². The van der Waals surface area contributed by atoms with Crippen molar-refractivity contribution in [3.8, 4) is 0 Å². The molecule has 0 aromatic heterocycles. The fourth-order valence-corrected chi connectivity index (χ4v) is 2.70. The molecule has 1 aromatic rings. The van der Waals surface area contributed by atoms with E-state index in [4.69, 9.17) is 0 Å². The summed E-state index contributed by atoms with van der Waals surface area (Å²) in [7, 11) is 0. The van der Waals surface area contributed by atoms with Crippen LogP contribution >= 0.6 is 0 Å². The Labute approximate surface area is 104 Å². The molecule has 0 aliphatic heterocycles. The van der Waals surface area contributed by atoms with E-state index in [0.29, 0.717) is 0 Å². The Morgan fingerprint density at radius 2 is 2.06 bits per heavy atom. The number of hydrogen-bond acceptors (Lipinski definition) is 0. The molecule has 1 aromatic carbocycles. The topological polar surface area (TPSA) is 0 Å². The van der Waals surface area contributed by atoms with Crippen LogP contribution in [0, 0.1) is 5.41 Å². The van der Waals surface area contributed by atoms with E-state index in [-0.39, 0.29) is 5.41 Å². The van der Waals surface area contributed by atoms with Crippen LogP contribution in [-0.2, 0) is 0 Å². The third kappa shape index (κ3) is 2.26.